The highest BCUT2D eigenvalue weighted by molar-refractivity contribution is 5.69. The van der Waals surface area contributed by atoms with Crippen LogP contribution >= 0.6 is 0 Å². The molecule has 1 aliphatic rings. The Kier molecular flexibility index (Phi) is 9.54. The molecule has 1 fully saturated rings. The molecule has 0 spiro atoms. The molecular weight excluding hydrogens is 514 g/mol. The van der Waals surface area contributed by atoms with Crippen LogP contribution in [0.5, 0.6) is 0 Å². The van der Waals surface area contributed by atoms with Gasteiger partial charge in [0.1, 0.15) is 29.1 Å². The fourth-order valence-electron chi connectivity index (χ4n) is 5.07. The van der Waals surface area contributed by atoms with Gasteiger partial charge >= 0.3 is 0 Å². The lowest BCUT2D eigenvalue weighted by molar-refractivity contribution is -0.0195. The number of benzene rings is 3. The molecule has 0 bridgehead atoms. The summed E-state index contributed by atoms with van der Waals surface area (Å²) < 4.78 is 91.7. The van der Waals surface area contributed by atoms with Crippen molar-refractivity contribution in [3.63, 3.8) is 0 Å². The first-order chi connectivity index (χ1) is 18.7. The minimum atomic E-state index is -1.10. The van der Waals surface area contributed by atoms with Crippen LogP contribution in [0.2, 0.25) is 0 Å². The van der Waals surface area contributed by atoms with Crippen molar-refractivity contribution < 1.29 is 31.1 Å². The van der Waals surface area contributed by atoms with Crippen LogP contribution < -0.4 is 0 Å². The van der Waals surface area contributed by atoms with Crippen LogP contribution in [-0.2, 0) is 17.6 Å². The van der Waals surface area contributed by atoms with E-state index >= 15 is 0 Å². The lowest BCUT2D eigenvalue weighted by Crippen LogP contribution is -2.21. The second-order valence-corrected chi connectivity index (χ2v) is 10.1. The molecule has 1 heterocycles. The Morgan fingerprint density at radius 3 is 2.15 bits per heavy atom. The lowest BCUT2D eigenvalue weighted by atomic mass is 9.89. The van der Waals surface area contributed by atoms with E-state index in [2.05, 4.69) is 0 Å². The number of hydrogen-bond acceptors (Lipinski definition) is 1. The van der Waals surface area contributed by atoms with Gasteiger partial charge in [-0.05, 0) is 85.4 Å². The Labute approximate surface area is 225 Å². The topological polar surface area (TPSA) is 9.23 Å². The SMILES string of the molecule is CCCc1c(F)cc(C2CCC(CCc3ccc(-c4ccc(C(F)=C(F)CC)cc4F)cc3F)CO2)cc1F. The number of aryl methyl sites for hydroxylation is 1. The van der Waals surface area contributed by atoms with E-state index in [9.17, 15) is 26.3 Å². The van der Waals surface area contributed by atoms with Gasteiger partial charge in [0.25, 0.3) is 0 Å². The van der Waals surface area contributed by atoms with Crippen LogP contribution in [0.4, 0.5) is 26.3 Å². The van der Waals surface area contributed by atoms with Gasteiger partial charge in [-0.15, -0.1) is 0 Å². The summed E-state index contributed by atoms with van der Waals surface area (Å²) in [6, 6.07) is 10.7. The molecule has 3 aromatic rings. The van der Waals surface area contributed by atoms with Gasteiger partial charge in [-0.25, -0.2) is 26.3 Å². The molecule has 1 nitrogen and oxygen atoms in total. The molecule has 3 aromatic carbocycles. The minimum Gasteiger partial charge on any atom is -0.373 e. The van der Waals surface area contributed by atoms with Crippen molar-refractivity contribution in [2.24, 2.45) is 5.92 Å². The molecule has 4 rings (SSSR count). The van der Waals surface area contributed by atoms with E-state index < -0.39 is 34.9 Å². The van der Waals surface area contributed by atoms with Crippen LogP contribution in [0.25, 0.3) is 17.0 Å². The highest BCUT2D eigenvalue weighted by Crippen LogP contribution is 2.35. The molecule has 0 aliphatic carbocycles. The molecule has 2 unspecified atom stereocenters. The van der Waals surface area contributed by atoms with Crippen molar-refractivity contribution >= 4 is 5.83 Å². The van der Waals surface area contributed by atoms with Crippen molar-refractivity contribution in [1.29, 1.82) is 0 Å². The molecule has 0 saturated carbocycles. The van der Waals surface area contributed by atoms with Crippen LogP contribution in [0, 0.1) is 29.2 Å². The summed E-state index contributed by atoms with van der Waals surface area (Å²) in [4.78, 5) is 0. The molecule has 1 aliphatic heterocycles. The number of allylic oxidation sites excluding steroid dienone is 1. The molecule has 0 radical (unpaired) electrons. The second-order valence-electron chi connectivity index (χ2n) is 10.1. The Bertz CT molecular complexity index is 1320. The Morgan fingerprint density at radius 1 is 0.821 bits per heavy atom. The average molecular weight is 547 g/mol. The zero-order valence-corrected chi connectivity index (χ0v) is 22.1. The molecule has 0 aromatic heterocycles. The first kappa shape index (κ1) is 28.9. The number of rotatable bonds is 9. The fourth-order valence-corrected chi connectivity index (χ4v) is 5.07. The van der Waals surface area contributed by atoms with E-state index in [4.69, 9.17) is 4.74 Å². The molecule has 39 heavy (non-hydrogen) atoms. The molecule has 7 heteroatoms. The van der Waals surface area contributed by atoms with Crippen LogP contribution in [0.1, 0.15) is 74.3 Å². The summed E-state index contributed by atoms with van der Waals surface area (Å²) in [7, 11) is 0. The summed E-state index contributed by atoms with van der Waals surface area (Å²) in [6.07, 6.45) is 3.01. The first-order valence-corrected chi connectivity index (χ1v) is 13.4. The zero-order chi connectivity index (χ0) is 28.1. The maximum absolute atomic E-state index is 14.9. The summed E-state index contributed by atoms with van der Waals surface area (Å²) in [5, 5.41) is 0. The number of hydrogen-bond donors (Lipinski definition) is 0. The Morgan fingerprint density at radius 2 is 1.56 bits per heavy atom. The van der Waals surface area contributed by atoms with Crippen molar-refractivity contribution in [1.82, 2.24) is 0 Å². The molecule has 1 saturated heterocycles. The number of ether oxygens (including phenoxy) is 1. The van der Waals surface area contributed by atoms with Crippen molar-refractivity contribution in [3.8, 4) is 11.1 Å². The van der Waals surface area contributed by atoms with Crippen molar-refractivity contribution in [2.75, 3.05) is 6.61 Å². The van der Waals surface area contributed by atoms with Gasteiger partial charge in [0.2, 0.25) is 0 Å². The summed E-state index contributed by atoms with van der Waals surface area (Å²) in [6.45, 7) is 3.74. The van der Waals surface area contributed by atoms with Gasteiger partial charge in [0, 0.05) is 16.7 Å². The molecule has 208 valence electrons. The van der Waals surface area contributed by atoms with Gasteiger partial charge in [-0.1, -0.05) is 44.5 Å². The summed E-state index contributed by atoms with van der Waals surface area (Å²) >= 11 is 0. The molecule has 0 N–H and O–H groups in total. The third kappa shape index (κ3) is 6.75. The maximum atomic E-state index is 14.9. The maximum Gasteiger partial charge on any atom is 0.161 e. The van der Waals surface area contributed by atoms with Gasteiger partial charge < -0.3 is 4.74 Å². The Balaban J connectivity index is 1.35. The largest absolute Gasteiger partial charge is 0.373 e. The molecular formula is C32H32F6O. The predicted octanol–water partition coefficient (Wildman–Crippen LogP) is 9.98. The molecule has 0 amide bonds. The predicted molar refractivity (Wildman–Crippen MR) is 141 cm³/mol. The molecule has 2 atom stereocenters. The normalized spacial score (nSPS) is 18.3. The lowest BCUT2D eigenvalue weighted by Gasteiger charge is -2.29. The minimum absolute atomic E-state index is 0.0937. The highest BCUT2D eigenvalue weighted by Gasteiger charge is 2.25. The van der Waals surface area contributed by atoms with Gasteiger partial charge in [0.05, 0.1) is 12.7 Å². The first-order valence-electron chi connectivity index (χ1n) is 13.4. The second kappa shape index (κ2) is 12.9. The third-order valence-corrected chi connectivity index (χ3v) is 7.36. The zero-order valence-electron chi connectivity index (χ0n) is 22.1. The summed E-state index contributed by atoms with van der Waals surface area (Å²) in [5.41, 5.74) is 1.28. The van der Waals surface area contributed by atoms with Crippen LogP contribution in [0.15, 0.2) is 54.4 Å². The van der Waals surface area contributed by atoms with E-state index in [1.54, 1.807) is 12.1 Å². The van der Waals surface area contributed by atoms with Crippen LogP contribution in [0.3, 0.4) is 0 Å². The van der Waals surface area contributed by atoms with E-state index in [0.29, 0.717) is 55.4 Å². The third-order valence-electron chi connectivity index (χ3n) is 7.36. The standard InChI is InChI=1S/C32H32F6O/c1-3-5-25-29(36)16-23(17-30(25)37)31-13-7-19(18-39-31)6-8-20-9-10-21(14-27(20)34)24-12-11-22(15-28(24)35)32(38)26(33)4-2/h9-12,14-17,19,31H,3-8,13,18H2,1-2H3. The van der Waals surface area contributed by atoms with E-state index in [1.165, 1.54) is 37.3 Å². The monoisotopic (exact) mass is 546 g/mol. The van der Waals surface area contributed by atoms with Gasteiger partial charge in [-0.3, -0.25) is 0 Å². The van der Waals surface area contributed by atoms with E-state index in [0.717, 1.165) is 12.5 Å². The smallest absolute Gasteiger partial charge is 0.161 e. The summed E-state index contributed by atoms with van der Waals surface area (Å²) in [5.74, 6) is -4.22. The van der Waals surface area contributed by atoms with Gasteiger partial charge in [-0.2, -0.15) is 0 Å². The quantitative estimate of drug-likeness (QED) is 0.243. The van der Waals surface area contributed by atoms with Gasteiger partial charge in [0.15, 0.2) is 5.83 Å². The number of halogens is 6. The highest BCUT2D eigenvalue weighted by atomic mass is 19.2. The van der Waals surface area contributed by atoms with E-state index in [1.807, 2.05) is 6.92 Å². The van der Waals surface area contributed by atoms with Crippen molar-refractivity contribution in [2.45, 2.75) is 64.9 Å². The average Bonchev–Trinajstić information content (AvgIpc) is 2.93. The van der Waals surface area contributed by atoms with Crippen molar-refractivity contribution in [3.05, 3.63) is 99.9 Å². The van der Waals surface area contributed by atoms with Crippen LogP contribution in [-0.4, -0.2) is 6.61 Å². The van der Waals surface area contributed by atoms with E-state index in [-0.39, 0.29) is 35.1 Å². The fraction of sp³-hybridized carbons (Fsp3) is 0.375. The Hall–Kier alpha value is -3.06.